The summed E-state index contributed by atoms with van der Waals surface area (Å²) in [6.07, 6.45) is -2.86. The molecule has 0 saturated carbocycles. The van der Waals surface area contributed by atoms with E-state index in [4.69, 9.17) is 4.74 Å². The highest BCUT2D eigenvalue weighted by atomic mass is 19.4. The minimum absolute atomic E-state index is 0.0239. The standard InChI is InChI=1S/C17H14F3N3O2/c1-9-13(10(2)23(3)22-9)8-14-16(24)25-15(21-14)11-4-6-12(7-5-11)17(18,19)20/h4-8H,1-3H3/b14-8-. The molecule has 1 aliphatic heterocycles. The first-order valence-electron chi connectivity index (χ1n) is 7.37. The van der Waals surface area contributed by atoms with Gasteiger partial charge in [0.05, 0.1) is 11.3 Å². The number of aromatic nitrogens is 2. The summed E-state index contributed by atoms with van der Waals surface area (Å²) < 4.78 is 44.6. The second-order valence-corrected chi connectivity index (χ2v) is 5.62. The Balaban J connectivity index is 1.94. The second kappa shape index (κ2) is 5.87. The molecule has 0 saturated heterocycles. The average molecular weight is 349 g/mol. The van der Waals surface area contributed by atoms with Crippen LogP contribution in [0.5, 0.6) is 0 Å². The molecule has 0 bridgehead atoms. The van der Waals surface area contributed by atoms with Crippen molar-refractivity contribution >= 4 is 17.9 Å². The van der Waals surface area contributed by atoms with E-state index in [2.05, 4.69) is 10.1 Å². The quantitative estimate of drug-likeness (QED) is 0.617. The number of esters is 1. The van der Waals surface area contributed by atoms with Gasteiger partial charge in [-0.05, 0) is 44.2 Å². The Kier molecular flexibility index (Phi) is 3.98. The molecule has 1 aromatic heterocycles. The number of rotatable bonds is 2. The number of alkyl halides is 3. The van der Waals surface area contributed by atoms with Gasteiger partial charge in [-0.15, -0.1) is 0 Å². The van der Waals surface area contributed by atoms with E-state index in [1.54, 1.807) is 24.7 Å². The van der Waals surface area contributed by atoms with Gasteiger partial charge in [-0.3, -0.25) is 4.68 Å². The predicted octanol–water partition coefficient (Wildman–Crippen LogP) is 3.40. The molecular formula is C17H14F3N3O2. The molecule has 1 aromatic carbocycles. The lowest BCUT2D eigenvalue weighted by Crippen LogP contribution is -2.08. The highest BCUT2D eigenvalue weighted by Crippen LogP contribution is 2.30. The number of carbonyl (C=O) groups is 1. The summed E-state index contributed by atoms with van der Waals surface area (Å²) in [5, 5.41) is 4.25. The molecule has 2 aromatic rings. The first kappa shape index (κ1) is 16.9. The lowest BCUT2D eigenvalue weighted by atomic mass is 10.1. The number of halogens is 3. The highest BCUT2D eigenvalue weighted by Gasteiger charge is 2.31. The van der Waals surface area contributed by atoms with E-state index < -0.39 is 17.7 Å². The summed E-state index contributed by atoms with van der Waals surface area (Å²) in [6, 6.07) is 4.28. The van der Waals surface area contributed by atoms with E-state index in [-0.39, 0.29) is 11.6 Å². The van der Waals surface area contributed by atoms with Crippen LogP contribution in [0.15, 0.2) is 35.0 Å². The van der Waals surface area contributed by atoms with E-state index >= 15 is 0 Å². The molecule has 1 aliphatic rings. The van der Waals surface area contributed by atoms with Crippen molar-refractivity contribution in [2.24, 2.45) is 12.0 Å². The van der Waals surface area contributed by atoms with Crippen molar-refractivity contribution in [1.29, 1.82) is 0 Å². The van der Waals surface area contributed by atoms with Crippen molar-refractivity contribution in [1.82, 2.24) is 9.78 Å². The zero-order valence-electron chi connectivity index (χ0n) is 13.7. The van der Waals surface area contributed by atoms with Crippen molar-refractivity contribution in [3.05, 3.63) is 58.0 Å². The first-order valence-corrected chi connectivity index (χ1v) is 7.37. The number of ether oxygens (including phenoxy) is 1. The van der Waals surface area contributed by atoms with Crippen LogP contribution < -0.4 is 0 Å². The van der Waals surface area contributed by atoms with Crippen molar-refractivity contribution in [2.45, 2.75) is 20.0 Å². The van der Waals surface area contributed by atoms with Gasteiger partial charge in [0.15, 0.2) is 5.70 Å². The number of nitrogens with zero attached hydrogens (tertiary/aromatic N) is 3. The van der Waals surface area contributed by atoms with Crippen LogP contribution in [-0.4, -0.2) is 21.6 Å². The monoisotopic (exact) mass is 349 g/mol. The maximum Gasteiger partial charge on any atom is 0.416 e. The highest BCUT2D eigenvalue weighted by molar-refractivity contribution is 6.12. The Labute approximate surface area is 141 Å². The van der Waals surface area contributed by atoms with Gasteiger partial charge in [0, 0.05) is 23.9 Å². The fourth-order valence-corrected chi connectivity index (χ4v) is 2.47. The smallest absolute Gasteiger partial charge is 0.402 e. The fraction of sp³-hybridized carbons (Fsp3) is 0.235. The third kappa shape index (κ3) is 3.19. The molecule has 0 atom stereocenters. The van der Waals surface area contributed by atoms with Crippen molar-refractivity contribution in [2.75, 3.05) is 0 Å². The van der Waals surface area contributed by atoms with Gasteiger partial charge in [-0.25, -0.2) is 9.79 Å². The van der Waals surface area contributed by atoms with Gasteiger partial charge in [-0.2, -0.15) is 18.3 Å². The molecule has 0 aliphatic carbocycles. The molecule has 0 amide bonds. The van der Waals surface area contributed by atoms with Crippen LogP contribution >= 0.6 is 0 Å². The van der Waals surface area contributed by atoms with Crippen LogP contribution in [0.3, 0.4) is 0 Å². The lowest BCUT2D eigenvalue weighted by Gasteiger charge is -2.06. The zero-order valence-corrected chi connectivity index (χ0v) is 13.7. The summed E-state index contributed by atoms with van der Waals surface area (Å²) in [6.45, 7) is 3.66. The predicted molar refractivity (Wildman–Crippen MR) is 84.7 cm³/mol. The number of aryl methyl sites for hydroxylation is 2. The van der Waals surface area contributed by atoms with Gasteiger partial charge < -0.3 is 4.74 Å². The fourth-order valence-electron chi connectivity index (χ4n) is 2.47. The van der Waals surface area contributed by atoms with Crippen LogP contribution in [-0.2, 0) is 22.8 Å². The zero-order chi connectivity index (χ0) is 18.4. The summed E-state index contributed by atoms with van der Waals surface area (Å²) in [5.74, 6) is -0.679. The first-order chi connectivity index (χ1) is 11.7. The van der Waals surface area contributed by atoms with Gasteiger partial charge in [-0.1, -0.05) is 0 Å². The van der Waals surface area contributed by atoms with Crippen molar-refractivity contribution in [3.63, 3.8) is 0 Å². The molecule has 2 heterocycles. The summed E-state index contributed by atoms with van der Waals surface area (Å²) in [5.41, 5.74) is 1.94. The molecule has 130 valence electrons. The van der Waals surface area contributed by atoms with Crippen LogP contribution in [0.2, 0.25) is 0 Å². The molecule has 0 unspecified atom stereocenters. The number of cyclic esters (lactones) is 1. The normalized spacial score (nSPS) is 16.3. The summed E-state index contributed by atoms with van der Waals surface area (Å²) in [4.78, 5) is 16.1. The van der Waals surface area contributed by atoms with Crippen LogP contribution in [0.4, 0.5) is 13.2 Å². The molecular weight excluding hydrogens is 335 g/mol. The largest absolute Gasteiger partial charge is 0.416 e. The molecule has 3 rings (SSSR count). The molecule has 0 radical (unpaired) electrons. The van der Waals surface area contributed by atoms with Crippen LogP contribution in [0.25, 0.3) is 6.08 Å². The van der Waals surface area contributed by atoms with Gasteiger partial charge >= 0.3 is 12.1 Å². The number of aliphatic imine (C=N–C) groups is 1. The summed E-state index contributed by atoms with van der Waals surface area (Å²) in [7, 11) is 1.79. The molecule has 25 heavy (non-hydrogen) atoms. The number of carbonyl (C=O) groups excluding carboxylic acids is 1. The minimum Gasteiger partial charge on any atom is -0.402 e. The van der Waals surface area contributed by atoms with E-state index in [9.17, 15) is 18.0 Å². The van der Waals surface area contributed by atoms with Crippen LogP contribution in [0, 0.1) is 13.8 Å². The summed E-state index contributed by atoms with van der Waals surface area (Å²) >= 11 is 0. The second-order valence-electron chi connectivity index (χ2n) is 5.62. The number of hydrogen-bond acceptors (Lipinski definition) is 4. The third-order valence-electron chi connectivity index (χ3n) is 3.93. The Bertz CT molecular complexity index is 906. The number of benzene rings is 1. The maximum absolute atomic E-state index is 12.6. The molecule has 0 N–H and O–H groups in total. The third-order valence-corrected chi connectivity index (χ3v) is 3.93. The van der Waals surface area contributed by atoms with E-state index in [0.29, 0.717) is 5.56 Å². The Morgan fingerprint density at radius 2 is 1.80 bits per heavy atom. The van der Waals surface area contributed by atoms with E-state index in [0.717, 1.165) is 29.1 Å². The molecule has 8 heteroatoms. The average Bonchev–Trinajstić information content (AvgIpc) is 3.02. The topological polar surface area (TPSA) is 56.5 Å². The van der Waals surface area contributed by atoms with Gasteiger partial charge in [0.2, 0.25) is 5.90 Å². The Morgan fingerprint density at radius 1 is 1.16 bits per heavy atom. The van der Waals surface area contributed by atoms with Crippen molar-refractivity contribution in [3.8, 4) is 0 Å². The van der Waals surface area contributed by atoms with Crippen molar-refractivity contribution < 1.29 is 22.7 Å². The molecule has 5 nitrogen and oxygen atoms in total. The van der Waals surface area contributed by atoms with Gasteiger partial charge in [0.1, 0.15) is 0 Å². The Morgan fingerprint density at radius 3 is 2.32 bits per heavy atom. The minimum atomic E-state index is -4.42. The van der Waals surface area contributed by atoms with Crippen LogP contribution in [0.1, 0.15) is 28.1 Å². The SMILES string of the molecule is Cc1nn(C)c(C)c1/C=C1\N=C(c2ccc(C(F)(F)F)cc2)OC1=O. The van der Waals surface area contributed by atoms with Gasteiger partial charge in [0.25, 0.3) is 0 Å². The molecule has 0 fully saturated rings. The molecule has 0 spiro atoms. The number of hydrogen-bond donors (Lipinski definition) is 0. The van der Waals surface area contributed by atoms with E-state index in [1.807, 2.05) is 6.92 Å². The maximum atomic E-state index is 12.6. The lowest BCUT2D eigenvalue weighted by molar-refractivity contribution is -0.137. The van der Waals surface area contributed by atoms with E-state index in [1.165, 1.54) is 12.1 Å². The Hall–Kier alpha value is -2.90.